The van der Waals surface area contributed by atoms with Gasteiger partial charge in [0, 0.05) is 18.8 Å². The van der Waals surface area contributed by atoms with Gasteiger partial charge in [-0.15, -0.1) is 11.8 Å². The molecule has 1 N–H and O–H groups in total. The Balaban J connectivity index is 2.40. The molecule has 0 bridgehead atoms. The van der Waals surface area contributed by atoms with E-state index in [0.29, 0.717) is 0 Å². The molecule has 1 aromatic rings. The standard InChI is InChI=1S/C12H21N3S/c1-4-8-13-11-6-5-7-12(14-11)16-10-9-15(2)3/h5-7H,4,8-10H2,1-3H3,(H,13,14). The summed E-state index contributed by atoms with van der Waals surface area (Å²) in [7, 11) is 4.18. The van der Waals surface area contributed by atoms with E-state index in [-0.39, 0.29) is 0 Å². The summed E-state index contributed by atoms with van der Waals surface area (Å²) in [4.78, 5) is 6.73. The number of hydrogen-bond acceptors (Lipinski definition) is 4. The Hall–Kier alpha value is -0.740. The smallest absolute Gasteiger partial charge is 0.127 e. The van der Waals surface area contributed by atoms with E-state index in [2.05, 4.69) is 48.4 Å². The van der Waals surface area contributed by atoms with E-state index < -0.39 is 0 Å². The third-order valence-electron chi connectivity index (χ3n) is 2.07. The molecule has 1 heterocycles. The first kappa shape index (κ1) is 13.3. The van der Waals surface area contributed by atoms with Gasteiger partial charge in [0.15, 0.2) is 0 Å². The van der Waals surface area contributed by atoms with Crippen molar-refractivity contribution in [2.24, 2.45) is 0 Å². The van der Waals surface area contributed by atoms with Crippen LogP contribution in [0.25, 0.3) is 0 Å². The molecule has 0 amide bonds. The molecule has 0 atom stereocenters. The summed E-state index contributed by atoms with van der Waals surface area (Å²) in [6.45, 7) is 4.22. The highest BCUT2D eigenvalue weighted by molar-refractivity contribution is 7.99. The summed E-state index contributed by atoms with van der Waals surface area (Å²) in [5.41, 5.74) is 0. The lowest BCUT2D eigenvalue weighted by Gasteiger charge is -2.09. The Morgan fingerprint density at radius 2 is 2.19 bits per heavy atom. The molecule has 0 aliphatic rings. The summed E-state index contributed by atoms with van der Waals surface area (Å²) < 4.78 is 0. The predicted molar refractivity (Wildman–Crippen MR) is 72.3 cm³/mol. The second kappa shape index (κ2) is 7.52. The minimum atomic E-state index is 0.983. The fourth-order valence-corrected chi connectivity index (χ4v) is 2.18. The maximum atomic E-state index is 4.54. The van der Waals surface area contributed by atoms with Crippen LogP contribution in [0.5, 0.6) is 0 Å². The van der Waals surface area contributed by atoms with Crippen molar-refractivity contribution in [2.75, 3.05) is 38.3 Å². The van der Waals surface area contributed by atoms with Crippen LogP contribution in [0.1, 0.15) is 13.3 Å². The number of pyridine rings is 1. The number of rotatable bonds is 7. The van der Waals surface area contributed by atoms with Crippen LogP contribution < -0.4 is 5.32 Å². The number of aromatic nitrogens is 1. The van der Waals surface area contributed by atoms with Crippen molar-refractivity contribution >= 4 is 17.6 Å². The van der Waals surface area contributed by atoms with Crippen molar-refractivity contribution in [3.63, 3.8) is 0 Å². The van der Waals surface area contributed by atoms with Crippen LogP contribution in [0.2, 0.25) is 0 Å². The van der Waals surface area contributed by atoms with Gasteiger partial charge in [-0.3, -0.25) is 0 Å². The Kier molecular flexibility index (Phi) is 6.26. The van der Waals surface area contributed by atoms with Crippen molar-refractivity contribution in [2.45, 2.75) is 18.4 Å². The van der Waals surface area contributed by atoms with Crippen molar-refractivity contribution in [3.8, 4) is 0 Å². The minimum absolute atomic E-state index is 0.983. The van der Waals surface area contributed by atoms with Crippen molar-refractivity contribution in [3.05, 3.63) is 18.2 Å². The SMILES string of the molecule is CCCNc1cccc(SCCN(C)C)n1. The third kappa shape index (κ3) is 5.37. The Bertz CT molecular complexity index is 302. The molecule has 0 aromatic carbocycles. The molecule has 0 aliphatic heterocycles. The Morgan fingerprint density at radius 3 is 2.88 bits per heavy atom. The molecular formula is C12H21N3S. The molecule has 0 saturated carbocycles. The van der Waals surface area contributed by atoms with Gasteiger partial charge in [-0.05, 0) is 32.6 Å². The van der Waals surface area contributed by atoms with Crippen LogP contribution in [-0.4, -0.2) is 42.8 Å². The molecule has 1 aromatic heterocycles. The molecule has 0 unspecified atom stereocenters. The van der Waals surface area contributed by atoms with Crippen LogP contribution in [0, 0.1) is 0 Å². The molecule has 0 fully saturated rings. The first-order chi connectivity index (χ1) is 7.72. The maximum Gasteiger partial charge on any atom is 0.127 e. The van der Waals surface area contributed by atoms with Crippen LogP contribution in [0.3, 0.4) is 0 Å². The largest absolute Gasteiger partial charge is 0.370 e. The zero-order valence-electron chi connectivity index (χ0n) is 10.4. The van der Waals surface area contributed by atoms with Crippen molar-refractivity contribution < 1.29 is 0 Å². The van der Waals surface area contributed by atoms with E-state index in [1.807, 2.05) is 6.07 Å². The van der Waals surface area contributed by atoms with Gasteiger partial charge in [0.2, 0.25) is 0 Å². The van der Waals surface area contributed by atoms with Gasteiger partial charge in [0.05, 0.1) is 5.03 Å². The first-order valence-corrected chi connectivity index (χ1v) is 6.69. The lowest BCUT2D eigenvalue weighted by atomic mass is 10.4. The molecule has 0 radical (unpaired) electrons. The van der Waals surface area contributed by atoms with E-state index >= 15 is 0 Å². The summed E-state index contributed by atoms with van der Waals surface area (Å²) in [6.07, 6.45) is 1.12. The number of thioether (sulfide) groups is 1. The van der Waals surface area contributed by atoms with Gasteiger partial charge in [-0.1, -0.05) is 13.0 Å². The lowest BCUT2D eigenvalue weighted by molar-refractivity contribution is 0.437. The molecule has 0 saturated heterocycles. The zero-order chi connectivity index (χ0) is 11.8. The number of nitrogens with one attached hydrogen (secondary N) is 1. The van der Waals surface area contributed by atoms with Gasteiger partial charge in [0.1, 0.15) is 5.82 Å². The molecule has 0 spiro atoms. The zero-order valence-corrected chi connectivity index (χ0v) is 11.2. The van der Waals surface area contributed by atoms with Gasteiger partial charge in [-0.2, -0.15) is 0 Å². The summed E-state index contributed by atoms with van der Waals surface area (Å²) in [5.74, 6) is 2.06. The first-order valence-electron chi connectivity index (χ1n) is 5.71. The minimum Gasteiger partial charge on any atom is -0.370 e. The molecule has 16 heavy (non-hydrogen) atoms. The second-order valence-corrected chi connectivity index (χ2v) is 5.05. The van der Waals surface area contributed by atoms with Crippen molar-refractivity contribution in [1.82, 2.24) is 9.88 Å². The van der Waals surface area contributed by atoms with Crippen LogP contribution in [0.15, 0.2) is 23.2 Å². The molecule has 4 heteroatoms. The molecule has 0 aliphatic carbocycles. The van der Waals surface area contributed by atoms with E-state index in [4.69, 9.17) is 0 Å². The van der Waals surface area contributed by atoms with E-state index in [9.17, 15) is 0 Å². The van der Waals surface area contributed by atoms with Gasteiger partial charge in [-0.25, -0.2) is 4.98 Å². The van der Waals surface area contributed by atoms with Crippen LogP contribution >= 0.6 is 11.8 Å². The highest BCUT2D eigenvalue weighted by Crippen LogP contribution is 2.17. The quantitative estimate of drug-likeness (QED) is 0.740. The average molecular weight is 239 g/mol. The monoisotopic (exact) mass is 239 g/mol. The van der Waals surface area contributed by atoms with Crippen LogP contribution in [0.4, 0.5) is 5.82 Å². The Labute approximate surface area is 103 Å². The fourth-order valence-electron chi connectivity index (χ4n) is 1.18. The Morgan fingerprint density at radius 1 is 1.38 bits per heavy atom. The van der Waals surface area contributed by atoms with E-state index in [1.54, 1.807) is 11.8 Å². The lowest BCUT2D eigenvalue weighted by Crippen LogP contribution is -2.14. The maximum absolute atomic E-state index is 4.54. The van der Waals surface area contributed by atoms with Crippen LogP contribution in [-0.2, 0) is 0 Å². The molecule has 3 nitrogen and oxygen atoms in total. The number of anilines is 1. The predicted octanol–water partition coefficient (Wildman–Crippen LogP) is 2.56. The second-order valence-electron chi connectivity index (χ2n) is 3.94. The van der Waals surface area contributed by atoms with Gasteiger partial charge < -0.3 is 10.2 Å². The topological polar surface area (TPSA) is 28.2 Å². The van der Waals surface area contributed by atoms with Crippen molar-refractivity contribution in [1.29, 1.82) is 0 Å². The summed E-state index contributed by atoms with van der Waals surface area (Å²) in [6, 6.07) is 6.14. The summed E-state index contributed by atoms with van der Waals surface area (Å²) >= 11 is 1.80. The molecule has 1 rings (SSSR count). The third-order valence-corrected chi connectivity index (χ3v) is 2.98. The van der Waals surface area contributed by atoms with E-state index in [1.165, 1.54) is 0 Å². The average Bonchev–Trinajstić information content (AvgIpc) is 2.26. The number of nitrogens with zero attached hydrogens (tertiary/aromatic N) is 2. The van der Waals surface area contributed by atoms with E-state index in [0.717, 1.165) is 36.1 Å². The highest BCUT2D eigenvalue weighted by atomic mass is 32.2. The normalized spacial score (nSPS) is 10.8. The number of hydrogen-bond donors (Lipinski definition) is 1. The summed E-state index contributed by atoms with van der Waals surface area (Å²) in [5, 5.41) is 4.40. The van der Waals surface area contributed by atoms with Gasteiger partial charge >= 0.3 is 0 Å². The highest BCUT2D eigenvalue weighted by Gasteiger charge is 1.98. The molecular weight excluding hydrogens is 218 g/mol. The van der Waals surface area contributed by atoms with Gasteiger partial charge in [0.25, 0.3) is 0 Å². The fraction of sp³-hybridized carbons (Fsp3) is 0.583. The molecule has 90 valence electrons.